The van der Waals surface area contributed by atoms with E-state index < -0.39 is 0 Å². The van der Waals surface area contributed by atoms with Crippen LogP contribution in [0.2, 0.25) is 0 Å². The number of hydrogen-bond acceptors (Lipinski definition) is 5. The zero-order valence-corrected chi connectivity index (χ0v) is 16.0. The summed E-state index contributed by atoms with van der Waals surface area (Å²) in [5.41, 5.74) is 2.58. The second-order valence-electron chi connectivity index (χ2n) is 6.54. The fourth-order valence-electron chi connectivity index (χ4n) is 3.09. The third-order valence-corrected chi connectivity index (χ3v) is 4.57. The van der Waals surface area contributed by atoms with Gasteiger partial charge in [-0.3, -0.25) is 14.2 Å². The van der Waals surface area contributed by atoms with Crippen molar-refractivity contribution >= 4 is 22.6 Å². The number of hydrogen-bond donors (Lipinski definition) is 1. The van der Waals surface area contributed by atoms with Crippen molar-refractivity contribution in [2.75, 3.05) is 12.4 Å². The number of aromatic nitrogens is 4. The summed E-state index contributed by atoms with van der Waals surface area (Å²) in [5.74, 6) is 0.291. The third-order valence-electron chi connectivity index (χ3n) is 4.57. The molecule has 29 heavy (non-hydrogen) atoms. The predicted octanol–water partition coefficient (Wildman–Crippen LogP) is 2.54. The maximum Gasteiger partial charge on any atom is 0.264 e. The van der Waals surface area contributed by atoms with Gasteiger partial charge in [0.05, 0.1) is 19.0 Å². The van der Waals surface area contributed by atoms with Gasteiger partial charge in [-0.15, -0.1) is 0 Å². The van der Waals surface area contributed by atoms with E-state index in [1.165, 1.54) is 17.1 Å². The lowest BCUT2D eigenvalue weighted by molar-refractivity contribution is -0.116. The SMILES string of the molecule is COc1cccc(NC(=O)Cn2cnc3c(cnn3-c3ccccc3C)c2=O)c1. The molecule has 0 saturated carbocycles. The van der Waals surface area contributed by atoms with Crippen LogP contribution in [0.25, 0.3) is 16.7 Å². The van der Waals surface area contributed by atoms with E-state index in [0.29, 0.717) is 22.5 Å². The van der Waals surface area contributed by atoms with E-state index in [-0.39, 0.29) is 18.0 Å². The lowest BCUT2D eigenvalue weighted by Crippen LogP contribution is -2.27. The van der Waals surface area contributed by atoms with E-state index in [1.807, 2.05) is 31.2 Å². The van der Waals surface area contributed by atoms with E-state index >= 15 is 0 Å². The maximum absolute atomic E-state index is 12.8. The van der Waals surface area contributed by atoms with Gasteiger partial charge in [0.15, 0.2) is 5.65 Å². The molecule has 2 aromatic carbocycles. The second-order valence-corrected chi connectivity index (χ2v) is 6.54. The number of ether oxygens (including phenoxy) is 1. The smallest absolute Gasteiger partial charge is 0.264 e. The first kappa shape index (κ1) is 18.4. The number of fused-ring (bicyclic) bond motifs is 1. The zero-order valence-electron chi connectivity index (χ0n) is 16.0. The van der Waals surface area contributed by atoms with Gasteiger partial charge in [0.25, 0.3) is 5.56 Å². The summed E-state index contributed by atoms with van der Waals surface area (Å²) < 4.78 is 8.04. The molecule has 0 aliphatic rings. The van der Waals surface area contributed by atoms with Crippen molar-refractivity contribution in [1.29, 1.82) is 0 Å². The molecular weight excluding hydrogens is 370 g/mol. The molecule has 0 fully saturated rings. The first-order chi connectivity index (χ1) is 14.1. The number of anilines is 1. The van der Waals surface area contributed by atoms with E-state index in [9.17, 15) is 9.59 Å². The molecule has 0 atom stereocenters. The molecule has 2 aromatic heterocycles. The Balaban J connectivity index is 1.61. The molecule has 0 aliphatic heterocycles. The highest BCUT2D eigenvalue weighted by molar-refractivity contribution is 5.91. The minimum atomic E-state index is -0.340. The van der Waals surface area contributed by atoms with Gasteiger partial charge in [-0.05, 0) is 30.7 Å². The lowest BCUT2D eigenvalue weighted by Gasteiger charge is -2.09. The molecule has 0 spiro atoms. The number of nitrogens with one attached hydrogen (secondary N) is 1. The number of amides is 1. The number of carbonyl (C=O) groups is 1. The van der Waals surface area contributed by atoms with Gasteiger partial charge >= 0.3 is 0 Å². The summed E-state index contributed by atoms with van der Waals surface area (Å²) in [6.45, 7) is 1.81. The Bertz CT molecular complexity index is 1260. The van der Waals surface area contributed by atoms with Crippen LogP contribution in [0.1, 0.15) is 5.56 Å². The Labute approximate surface area is 166 Å². The summed E-state index contributed by atoms with van der Waals surface area (Å²) in [6, 6.07) is 14.7. The molecule has 1 amide bonds. The quantitative estimate of drug-likeness (QED) is 0.566. The molecule has 0 bridgehead atoms. The minimum absolute atomic E-state index is 0.158. The summed E-state index contributed by atoms with van der Waals surface area (Å²) in [6.07, 6.45) is 2.85. The molecule has 0 saturated heterocycles. The molecular formula is C21H19N5O3. The van der Waals surface area contributed by atoms with Crippen molar-refractivity contribution in [2.24, 2.45) is 0 Å². The monoisotopic (exact) mass is 389 g/mol. The van der Waals surface area contributed by atoms with Crippen molar-refractivity contribution in [3.8, 4) is 11.4 Å². The summed E-state index contributed by atoms with van der Waals surface area (Å²) >= 11 is 0. The standard InChI is InChI=1S/C21H19N5O3/c1-14-6-3-4-9-18(14)26-20-17(11-23-26)21(28)25(13-22-20)12-19(27)24-15-7-5-8-16(10-15)29-2/h3-11,13H,12H2,1-2H3,(H,24,27). The molecule has 1 N–H and O–H groups in total. The number of methoxy groups -OCH3 is 1. The van der Waals surface area contributed by atoms with Crippen LogP contribution in [0.15, 0.2) is 65.8 Å². The van der Waals surface area contributed by atoms with Crippen LogP contribution >= 0.6 is 0 Å². The van der Waals surface area contributed by atoms with Gasteiger partial charge in [0.2, 0.25) is 5.91 Å². The molecule has 8 nitrogen and oxygen atoms in total. The predicted molar refractivity (Wildman–Crippen MR) is 109 cm³/mol. The van der Waals surface area contributed by atoms with E-state index in [1.54, 1.807) is 36.1 Å². The van der Waals surface area contributed by atoms with Gasteiger partial charge in [0.1, 0.15) is 24.0 Å². The first-order valence-electron chi connectivity index (χ1n) is 9.00. The number of benzene rings is 2. The minimum Gasteiger partial charge on any atom is -0.497 e. The first-order valence-corrected chi connectivity index (χ1v) is 9.00. The van der Waals surface area contributed by atoms with Crippen LogP contribution < -0.4 is 15.6 Å². The average Bonchev–Trinajstić information content (AvgIpc) is 3.15. The summed E-state index contributed by atoms with van der Waals surface area (Å²) in [4.78, 5) is 29.6. The summed E-state index contributed by atoms with van der Waals surface area (Å²) in [7, 11) is 1.55. The molecule has 0 unspecified atom stereocenters. The highest BCUT2D eigenvalue weighted by Gasteiger charge is 2.14. The molecule has 146 valence electrons. The topological polar surface area (TPSA) is 91.0 Å². The van der Waals surface area contributed by atoms with E-state index in [4.69, 9.17) is 4.74 Å². The number of rotatable bonds is 5. The van der Waals surface area contributed by atoms with Crippen LogP contribution in [0.4, 0.5) is 5.69 Å². The van der Waals surface area contributed by atoms with E-state index in [0.717, 1.165) is 11.3 Å². The largest absolute Gasteiger partial charge is 0.497 e. The Hall–Kier alpha value is -3.94. The average molecular weight is 389 g/mol. The van der Waals surface area contributed by atoms with Crippen LogP contribution in [-0.4, -0.2) is 32.3 Å². The number of aryl methyl sites for hydroxylation is 1. The molecule has 0 radical (unpaired) electrons. The number of nitrogens with zero attached hydrogens (tertiary/aromatic N) is 4. The fraction of sp³-hybridized carbons (Fsp3) is 0.143. The van der Waals surface area contributed by atoms with Crippen molar-refractivity contribution in [3.05, 3.63) is 77.0 Å². The van der Waals surface area contributed by atoms with Gasteiger partial charge in [0, 0.05) is 11.8 Å². The zero-order chi connectivity index (χ0) is 20.4. The molecule has 4 rings (SSSR count). The van der Waals surface area contributed by atoms with Gasteiger partial charge in [-0.25, -0.2) is 9.67 Å². The summed E-state index contributed by atoms with van der Waals surface area (Å²) in [5, 5.41) is 7.42. The normalized spacial score (nSPS) is 10.8. The fourth-order valence-corrected chi connectivity index (χ4v) is 3.09. The van der Waals surface area contributed by atoms with Crippen molar-refractivity contribution in [2.45, 2.75) is 13.5 Å². The number of para-hydroxylation sites is 1. The lowest BCUT2D eigenvalue weighted by atomic mass is 10.2. The van der Waals surface area contributed by atoms with Crippen LogP contribution in [-0.2, 0) is 11.3 Å². The Morgan fingerprint density at radius 3 is 2.79 bits per heavy atom. The maximum atomic E-state index is 12.8. The molecule has 0 aliphatic carbocycles. The Morgan fingerprint density at radius 1 is 1.17 bits per heavy atom. The number of carbonyl (C=O) groups excluding carboxylic acids is 1. The Kier molecular flexibility index (Phi) is 4.82. The van der Waals surface area contributed by atoms with Crippen LogP contribution in [0.3, 0.4) is 0 Å². The van der Waals surface area contributed by atoms with Crippen molar-refractivity contribution in [1.82, 2.24) is 19.3 Å². The van der Waals surface area contributed by atoms with Crippen LogP contribution in [0, 0.1) is 6.92 Å². The van der Waals surface area contributed by atoms with Crippen molar-refractivity contribution < 1.29 is 9.53 Å². The third kappa shape index (κ3) is 3.60. The van der Waals surface area contributed by atoms with Gasteiger partial charge in [-0.2, -0.15) is 5.10 Å². The van der Waals surface area contributed by atoms with Gasteiger partial charge < -0.3 is 10.1 Å². The van der Waals surface area contributed by atoms with E-state index in [2.05, 4.69) is 15.4 Å². The highest BCUT2D eigenvalue weighted by atomic mass is 16.5. The second kappa shape index (κ2) is 7.59. The molecule has 4 aromatic rings. The highest BCUT2D eigenvalue weighted by Crippen LogP contribution is 2.18. The Morgan fingerprint density at radius 2 is 2.00 bits per heavy atom. The van der Waals surface area contributed by atoms with Crippen LogP contribution in [0.5, 0.6) is 5.75 Å². The molecule has 8 heteroatoms. The molecule has 2 heterocycles. The van der Waals surface area contributed by atoms with Gasteiger partial charge in [-0.1, -0.05) is 24.3 Å². The van der Waals surface area contributed by atoms with Crippen molar-refractivity contribution in [3.63, 3.8) is 0 Å².